The van der Waals surface area contributed by atoms with Crippen molar-refractivity contribution in [2.45, 2.75) is 12.8 Å². The lowest BCUT2D eigenvalue weighted by molar-refractivity contribution is -0.142. The number of piperidine rings is 1. The number of carbonyl (C=O) groups is 1. The predicted octanol–water partition coefficient (Wildman–Crippen LogP) is 3.19. The number of hydrogen-bond acceptors (Lipinski definition) is 3. The number of pyridine rings is 1. The van der Waals surface area contributed by atoms with Gasteiger partial charge in [0, 0.05) is 24.7 Å². The Hall–Kier alpha value is -1.81. The molecule has 0 bridgehead atoms. The summed E-state index contributed by atoms with van der Waals surface area (Å²) in [6.45, 7) is 1.41. The van der Waals surface area contributed by atoms with E-state index in [9.17, 15) is 4.79 Å². The van der Waals surface area contributed by atoms with Crippen LogP contribution in [-0.2, 0) is 4.79 Å². The Morgan fingerprint density at radius 1 is 1.30 bits per heavy atom. The van der Waals surface area contributed by atoms with Crippen molar-refractivity contribution in [2.75, 3.05) is 18.0 Å². The van der Waals surface area contributed by atoms with Gasteiger partial charge in [0.05, 0.1) is 10.9 Å². The van der Waals surface area contributed by atoms with Gasteiger partial charge in [-0.15, -0.1) is 0 Å². The molecule has 0 radical (unpaired) electrons. The second-order valence-electron chi connectivity index (χ2n) is 5.07. The van der Waals surface area contributed by atoms with Crippen LogP contribution in [0.15, 0.2) is 30.5 Å². The first kappa shape index (κ1) is 13.2. The average molecular weight is 291 g/mol. The van der Waals surface area contributed by atoms with Gasteiger partial charge in [-0.05, 0) is 30.4 Å². The molecule has 1 saturated heterocycles. The zero-order valence-electron chi connectivity index (χ0n) is 10.9. The zero-order chi connectivity index (χ0) is 14.1. The highest BCUT2D eigenvalue weighted by atomic mass is 35.5. The monoisotopic (exact) mass is 290 g/mol. The van der Waals surface area contributed by atoms with E-state index in [0.29, 0.717) is 31.0 Å². The van der Waals surface area contributed by atoms with Crippen LogP contribution in [-0.4, -0.2) is 29.1 Å². The van der Waals surface area contributed by atoms with Crippen LogP contribution >= 0.6 is 11.6 Å². The number of aliphatic carboxylic acids is 1. The van der Waals surface area contributed by atoms with Gasteiger partial charge in [0.15, 0.2) is 0 Å². The van der Waals surface area contributed by atoms with Crippen LogP contribution in [0.5, 0.6) is 0 Å². The number of hydrogen-bond donors (Lipinski definition) is 1. The fraction of sp³-hybridized carbons (Fsp3) is 0.333. The van der Waals surface area contributed by atoms with Crippen molar-refractivity contribution in [1.82, 2.24) is 4.98 Å². The van der Waals surface area contributed by atoms with Crippen molar-refractivity contribution in [3.63, 3.8) is 0 Å². The number of carboxylic acids is 1. The molecule has 1 N–H and O–H groups in total. The average Bonchev–Trinajstić information content (AvgIpc) is 2.47. The Morgan fingerprint density at radius 3 is 2.75 bits per heavy atom. The van der Waals surface area contributed by atoms with E-state index in [0.717, 1.165) is 16.6 Å². The Morgan fingerprint density at radius 2 is 2.05 bits per heavy atom. The smallest absolute Gasteiger partial charge is 0.306 e. The molecule has 2 aromatic rings. The first-order chi connectivity index (χ1) is 9.66. The van der Waals surface area contributed by atoms with Gasteiger partial charge in [-0.3, -0.25) is 4.79 Å². The van der Waals surface area contributed by atoms with Gasteiger partial charge in [0.25, 0.3) is 0 Å². The van der Waals surface area contributed by atoms with Gasteiger partial charge < -0.3 is 10.0 Å². The van der Waals surface area contributed by atoms with Crippen molar-refractivity contribution in [2.24, 2.45) is 5.92 Å². The number of anilines is 1. The molecule has 4 nitrogen and oxygen atoms in total. The molecule has 0 unspecified atom stereocenters. The van der Waals surface area contributed by atoms with E-state index >= 15 is 0 Å². The first-order valence-corrected chi connectivity index (χ1v) is 7.05. The molecule has 20 heavy (non-hydrogen) atoms. The van der Waals surface area contributed by atoms with E-state index in [1.807, 2.05) is 24.3 Å². The van der Waals surface area contributed by atoms with Crippen LogP contribution in [0.4, 0.5) is 5.82 Å². The fourth-order valence-electron chi connectivity index (χ4n) is 2.75. The Labute approximate surface area is 122 Å². The lowest BCUT2D eigenvalue weighted by Gasteiger charge is -2.31. The lowest BCUT2D eigenvalue weighted by Crippen LogP contribution is -2.36. The topological polar surface area (TPSA) is 53.4 Å². The number of rotatable bonds is 2. The second kappa shape index (κ2) is 5.29. The van der Waals surface area contributed by atoms with Crippen LogP contribution in [0.25, 0.3) is 10.8 Å². The molecule has 104 valence electrons. The summed E-state index contributed by atoms with van der Waals surface area (Å²) in [4.78, 5) is 17.6. The third-order valence-corrected chi connectivity index (χ3v) is 4.18. The van der Waals surface area contributed by atoms with E-state index in [1.54, 1.807) is 6.20 Å². The minimum absolute atomic E-state index is 0.239. The fourth-order valence-corrected chi connectivity index (χ4v) is 3.01. The van der Waals surface area contributed by atoms with Gasteiger partial charge in [-0.1, -0.05) is 23.7 Å². The molecule has 5 heteroatoms. The number of nitrogens with zero attached hydrogens (tertiary/aromatic N) is 2. The summed E-state index contributed by atoms with van der Waals surface area (Å²) in [5, 5.41) is 11.7. The number of halogens is 1. The quantitative estimate of drug-likeness (QED) is 0.923. The van der Waals surface area contributed by atoms with E-state index < -0.39 is 5.97 Å². The Kier molecular flexibility index (Phi) is 3.49. The highest BCUT2D eigenvalue weighted by molar-refractivity contribution is 6.36. The van der Waals surface area contributed by atoms with Crippen LogP contribution in [0.1, 0.15) is 12.8 Å². The highest BCUT2D eigenvalue weighted by Gasteiger charge is 2.26. The molecule has 2 heterocycles. The summed E-state index contributed by atoms with van der Waals surface area (Å²) >= 11 is 6.30. The van der Waals surface area contributed by atoms with Crippen molar-refractivity contribution in [3.8, 4) is 0 Å². The molecule has 0 atom stereocenters. The largest absolute Gasteiger partial charge is 0.481 e. The van der Waals surface area contributed by atoms with Gasteiger partial charge in [0.1, 0.15) is 5.82 Å². The molecule has 0 amide bonds. The number of fused-ring (bicyclic) bond motifs is 1. The molecule has 1 aliphatic heterocycles. The summed E-state index contributed by atoms with van der Waals surface area (Å²) in [5.74, 6) is -0.0813. The summed E-state index contributed by atoms with van der Waals surface area (Å²) in [5.41, 5.74) is 0. The third kappa shape index (κ3) is 2.31. The zero-order valence-corrected chi connectivity index (χ0v) is 11.7. The summed E-state index contributed by atoms with van der Waals surface area (Å²) in [6, 6.07) is 7.73. The highest BCUT2D eigenvalue weighted by Crippen LogP contribution is 2.33. The molecule has 0 spiro atoms. The number of aromatic nitrogens is 1. The molecular formula is C15H15ClN2O2. The normalized spacial score (nSPS) is 16.6. The van der Waals surface area contributed by atoms with Crippen molar-refractivity contribution >= 4 is 34.2 Å². The second-order valence-corrected chi connectivity index (χ2v) is 5.48. The lowest BCUT2D eigenvalue weighted by atomic mass is 9.97. The van der Waals surface area contributed by atoms with E-state index in [1.165, 1.54) is 0 Å². The first-order valence-electron chi connectivity index (χ1n) is 6.68. The number of benzene rings is 1. The number of carboxylic acid groups (broad SMARTS) is 1. The molecule has 0 saturated carbocycles. The molecule has 3 rings (SSSR count). The van der Waals surface area contributed by atoms with E-state index in [2.05, 4.69) is 9.88 Å². The molecule has 1 fully saturated rings. The summed E-state index contributed by atoms with van der Waals surface area (Å²) in [7, 11) is 0. The Balaban J connectivity index is 1.94. The van der Waals surface area contributed by atoms with Crippen molar-refractivity contribution < 1.29 is 9.90 Å². The minimum Gasteiger partial charge on any atom is -0.481 e. The van der Waals surface area contributed by atoms with Crippen molar-refractivity contribution in [3.05, 3.63) is 35.5 Å². The van der Waals surface area contributed by atoms with Crippen LogP contribution in [0, 0.1) is 5.92 Å². The van der Waals surface area contributed by atoms with E-state index in [4.69, 9.17) is 16.7 Å². The van der Waals surface area contributed by atoms with Gasteiger partial charge in [-0.2, -0.15) is 0 Å². The molecule has 1 aromatic carbocycles. The maximum absolute atomic E-state index is 11.0. The maximum atomic E-state index is 11.0. The van der Waals surface area contributed by atoms with Gasteiger partial charge >= 0.3 is 5.97 Å². The molecule has 1 aromatic heterocycles. The van der Waals surface area contributed by atoms with Crippen LogP contribution in [0.2, 0.25) is 5.02 Å². The molecule has 1 aliphatic rings. The molecular weight excluding hydrogens is 276 g/mol. The SMILES string of the molecule is O=C(O)C1CCN(c2nccc3cccc(Cl)c23)CC1. The standard InChI is InChI=1S/C15H15ClN2O2/c16-12-3-1-2-10-4-7-17-14(13(10)12)18-8-5-11(6-9-18)15(19)20/h1-4,7,11H,5-6,8-9H2,(H,19,20). The van der Waals surface area contributed by atoms with Crippen LogP contribution in [0.3, 0.4) is 0 Å². The third-order valence-electron chi connectivity index (χ3n) is 3.86. The summed E-state index contributed by atoms with van der Waals surface area (Å²) in [6.07, 6.45) is 3.08. The van der Waals surface area contributed by atoms with Gasteiger partial charge in [0.2, 0.25) is 0 Å². The predicted molar refractivity (Wildman–Crippen MR) is 79.3 cm³/mol. The summed E-state index contributed by atoms with van der Waals surface area (Å²) < 4.78 is 0. The maximum Gasteiger partial charge on any atom is 0.306 e. The van der Waals surface area contributed by atoms with Crippen LogP contribution < -0.4 is 4.90 Å². The van der Waals surface area contributed by atoms with Crippen molar-refractivity contribution in [1.29, 1.82) is 0 Å². The Bertz CT molecular complexity index is 646. The van der Waals surface area contributed by atoms with Gasteiger partial charge in [-0.25, -0.2) is 4.98 Å². The molecule has 0 aliphatic carbocycles. The minimum atomic E-state index is -0.700. The van der Waals surface area contributed by atoms with E-state index in [-0.39, 0.29) is 5.92 Å².